The highest BCUT2D eigenvalue weighted by Crippen LogP contribution is 2.35. The number of carbonyl (C=O) groups excluding carboxylic acids is 2. The molecule has 1 aromatic carbocycles. The number of likely N-dealkylation sites (N-methyl/N-ethyl adjacent to an activating group) is 1. The zero-order chi connectivity index (χ0) is 27.3. The minimum absolute atomic E-state index is 0.248. The van der Waals surface area contributed by atoms with E-state index in [1.54, 1.807) is 11.4 Å². The topological polar surface area (TPSA) is 177 Å². The normalized spacial score (nSPS) is 10.3. The van der Waals surface area contributed by atoms with E-state index >= 15 is 0 Å². The maximum absolute atomic E-state index is 12.7. The lowest BCUT2D eigenvalue weighted by Gasteiger charge is -2.13. The van der Waals surface area contributed by atoms with Crippen LogP contribution in [0.2, 0.25) is 0 Å². The van der Waals surface area contributed by atoms with E-state index in [9.17, 15) is 19.2 Å². The zero-order valence-corrected chi connectivity index (χ0v) is 21.2. The number of carboxylic acids is 2. The molecule has 0 fully saturated rings. The number of carbonyl (C=O) groups is 4. The Labute approximate surface area is 211 Å². The molecule has 0 aliphatic rings. The van der Waals surface area contributed by atoms with Crippen LogP contribution in [0, 0.1) is 0 Å². The first-order valence-electron chi connectivity index (χ1n) is 10.2. The number of aliphatic carboxylic acids is 2. The lowest BCUT2D eigenvalue weighted by Crippen LogP contribution is -2.31. The van der Waals surface area contributed by atoms with E-state index in [0.717, 1.165) is 17.9 Å². The van der Waals surface area contributed by atoms with Gasteiger partial charge in [0.1, 0.15) is 11.4 Å². The molecule has 0 aliphatic carbocycles. The molecule has 0 atom stereocenters. The second-order valence-electron chi connectivity index (χ2n) is 6.97. The van der Waals surface area contributed by atoms with Crippen molar-refractivity contribution in [2.24, 2.45) is 0 Å². The molecule has 0 aliphatic heterocycles. The van der Waals surface area contributed by atoms with Gasteiger partial charge in [0.05, 0.1) is 26.9 Å². The van der Waals surface area contributed by atoms with Crippen LogP contribution >= 0.6 is 11.3 Å². The van der Waals surface area contributed by atoms with Crippen LogP contribution in [0.1, 0.15) is 20.8 Å². The molecule has 0 bridgehead atoms. The van der Waals surface area contributed by atoms with Gasteiger partial charge in [-0.25, -0.2) is 14.6 Å². The number of rotatable bonds is 11. The van der Waals surface area contributed by atoms with Crippen LogP contribution in [-0.4, -0.2) is 92.4 Å². The standard InChI is InChI=1S/C18H24N4O5S.C4H4O4/c1-22(2)7-6-19-17(24)12-10-28-18(20-12)21-16(23)11-8-14(26-4)15(27-5)9-13(11)25-3;5-3(6)1-2-4(7)8/h8-10H,6-7H2,1-5H3,(H,19,24)(H,20,21,23);1-2H,(H,5,6)(H,7,8). The van der Waals surface area contributed by atoms with Gasteiger partial charge in [-0.2, -0.15) is 0 Å². The average molecular weight is 525 g/mol. The lowest BCUT2D eigenvalue weighted by atomic mass is 10.1. The minimum Gasteiger partial charge on any atom is -0.496 e. The fourth-order valence-electron chi connectivity index (χ4n) is 2.43. The van der Waals surface area contributed by atoms with Crippen molar-refractivity contribution < 1.29 is 43.6 Å². The molecule has 14 heteroatoms. The van der Waals surface area contributed by atoms with Gasteiger partial charge in [-0.3, -0.25) is 14.9 Å². The second kappa shape index (κ2) is 15.0. The molecule has 2 aromatic rings. The van der Waals surface area contributed by atoms with Gasteiger partial charge in [-0.15, -0.1) is 11.3 Å². The summed E-state index contributed by atoms with van der Waals surface area (Å²) in [5, 5.41) is 23.0. The molecule has 2 amide bonds. The quantitative estimate of drug-likeness (QED) is 0.313. The summed E-state index contributed by atoms with van der Waals surface area (Å²) < 4.78 is 15.7. The molecule has 4 N–H and O–H groups in total. The average Bonchev–Trinajstić information content (AvgIpc) is 3.30. The molecule has 196 valence electrons. The minimum atomic E-state index is -1.26. The number of amides is 2. The van der Waals surface area contributed by atoms with E-state index in [-0.39, 0.29) is 17.2 Å². The first kappa shape index (κ1) is 29.9. The highest BCUT2D eigenvalue weighted by Gasteiger charge is 2.19. The van der Waals surface area contributed by atoms with Gasteiger partial charge in [0, 0.05) is 42.8 Å². The van der Waals surface area contributed by atoms with Crippen LogP contribution in [0.15, 0.2) is 29.7 Å². The molecule has 1 aromatic heterocycles. The summed E-state index contributed by atoms with van der Waals surface area (Å²) in [5.74, 6) is -2.07. The highest BCUT2D eigenvalue weighted by molar-refractivity contribution is 7.14. The Morgan fingerprint density at radius 2 is 1.50 bits per heavy atom. The fourth-order valence-corrected chi connectivity index (χ4v) is 3.12. The third-order valence-electron chi connectivity index (χ3n) is 4.12. The predicted molar refractivity (Wildman–Crippen MR) is 131 cm³/mol. The second-order valence-corrected chi connectivity index (χ2v) is 7.83. The molecule has 0 radical (unpaired) electrons. The van der Waals surface area contributed by atoms with Gasteiger partial charge in [0.15, 0.2) is 16.6 Å². The SMILES string of the molecule is COc1cc(OC)c(C(=O)Nc2nc(C(=O)NCCN(C)C)cs2)cc1OC.O=C(O)C=CC(=O)O. The van der Waals surface area contributed by atoms with Crippen LogP contribution in [0.3, 0.4) is 0 Å². The maximum Gasteiger partial charge on any atom is 0.328 e. The Balaban J connectivity index is 0.000000697. The smallest absolute Gasteiger partial charge is 0.328 e. The number of nitrogens with one attached hydrogen (secondary N) is 2. The third kappa shape index (κ3) is 9.99. The van der Waals surface area contributed by atoms with Crippen molar-refractivity contribution in [2.75, 3.05) is 53.8 Å². The van der Waals surface area contributed by atoms with Crippen molar-refractivity contribution in [2.45, 2.75) is 0 Å². The Morgan fingerprint density at radius 3 is 2.00 bits per heavy atom. The highest BCUT2D eigenvalue weighted by atomic mass is 32.1. The number of ether oxygens (including phenoxy) is 3. The molecule has 0 saturated carbocycles. The van der Waals surface area contributed by atoms with Crippen molar-refractivity contribution in [3.05, 3.63) is 40.9 Å². The summed E-state index contributed by atoms with van der Waals surface area (Å²) in [6, 6.07) is 3.09. The molecule has 0 spiro atoms. The zero-order valence-electron chi connectivity index (χ0n) is 20.4. The van der Waals surface area contributed by atoms with E-state index in [2.05, 4.69) is 15.6 Å². The molecule has 0 saturated heterocycles. The molecule has 36 heavy (non-hydrogen) atoms. The van der Waals surface area contributed by atoms with Gasteiger partial charge >= 0.3 is 11.9 Å². The number of aromatic nitrogens is 1. The van der Waals surface area contributed by atoms with Crippen LogP contribution in [0.25, 0.3) is 0 Å². The Morgan fingerprint density at radius 1 is 0.944 bits per heavy atom. The van der Waals surface area contributed by atoms with Crippen molar-refractivity contribution in [1.82, 2.24) is 15.2 Å². The summed E-state index contributed by atoms with van der Waals surface area (Å²) in [6.07, 6.45) is 1.12. The maximum atomic E-state index is 12.7. The lowest BCUT2D eigenvalue weighted by molar-refractivity contribution is -0.134. The number of carboxylic acid groups (broad SMARTS) is 2. The van der Waals surface area contributed by atoms with Crippen molar-refractivity contribution >= 4 is 40.2 Å². The summed E-state index contributed by atoms with van der Waals surface area (Å²) >= 11 is 1.16. The van der Waals surface area contributed by atoms with Gasteiger partial charge in [-0.05, 0) is 14.1 Å². The Hall–Kier alpha value is -4.17. The number of methoxy groups -OCH3 is 3. The van der Waals surface area contributed by atoms with E-state index in [1.165, 1.54) is 27.4 Å². The number of thiazole rings is 1. The van der Waals surface area contributed by atoms with E-state index in [4.69, 9.17) is 24.4 Å². The van der Waals surface area contributed by atoms with Crippen LogP contribution in [-0.2, 0) is 9.59 Å². The van der Waals surface area contributed by atoms with Crippen LogP contribution in [0.4, 0.5) is 5.13 Å². The molecular formula is C22H28N4O9S. The predicted octanol–water partition coefficient (Wildman–Crippen LogP) is 1.42. The first-order chi connectivity index (χ1) is 17.0. The van der Waals surface area contributed by atoms with E-state index in [1.807, 2.05) is 19.0 Å². The number of hydrogen-bond donors (Lipinski definition) is 4. The Bertz CT molecular complexity index is 1080. The van der Waals surface area contributed by atoms with Crippen molar-refractivity contribution in [3.8, 4) is 17.2 Å². The third-order valence-corrected chi connectivity index (χ3v) is 4.88. The van der Waals surface area contributed by atoms with E-state index < -0.39 is 17.8 Å². The number of benzene rings is 1. The molecule has 0 unspecified atom stereocenters. The number of hydrogen-bond acceptors (Lipinski definition) is 10. The Kier molecular flexibility index (Phi) is 12.4. The summed E-state index contributed by atoms with van der Waals surface area (Å²) in [5.41, 5.74) is 0.505. The summed E-state index contributed by atoms with van der Waals surface area (Å²) in [7, 11) is 8.28. The molecular weight excluding hydrogens is 496 g/mol. The number of anilines is 1. The van der Waals surface area contributed by atoms with Gasteiger partial charge in [0.25, 0.3) is 11.8 Å². The monoisotopic (exact) mass is 524 g/mol. The van der Waals surface area contributed by atoms with Crippen molar-refractivity contribution in [3.63, 3.8) is 0 Å². The van der Waals surface area contributed by atoms with E-state index in [0.29, 0.717) is 41.1 Å². The summed E-state index contributed by atoms with van der Waals surface area (Å²) in [6.45, 7) is 1.23. The van der Waals surface area contributed by atoms with Crippen LogP contribution < -0.4 is 24.8 Å². The molecule has 13 nitrogen and oxygen atoms in total. The van der Waals surface area contributed by atoms with Crippen molar-refractivity contribution in [1.29, 1.82) is 0 Å². The first-order valence-corrected chi connectivity index (χ1v) is 11.0. The number of nitrogens with zero attached hydrogens (tertiary/aromatic N) is 2. The largest absolute Gasteiger partial charge is 0.496 e. The van der Waals surface area contributed by atoms with Crippen LogP contribution in [0.5, 0.6) is 17.2 Å². The fraction of sp³-hybridized carbons (Fsp3) is 0.318. The van der Waals surface area contributed by atoms with Gasteiger partial charge in [-0.1, -0.05) is 0 Å². The van der Waals surface area contributed by atoms with Gasteiger partial charge in [0.2, 0.25) is 0 Å². The molecule has 2 rings (SSSR count). The van der Waals surface area contributed by atoms with Gasteiger partial charge < -0.3 is 34.6 Å². The molecule has 1 heterocycles. The summed E-state index contributed by atoms with van der Waals surface area (Å²) in [4.78, 5) is 50.0.